The average molecular weight is 253 g/mol. The maximum Gasteiger partial charge on any atom is 0.138 e. The molecule has 0 amide bonds. The van der Waals surface area contributed by atoms with Crippen LogP contribution >= 0.6 is 0 Å². The van der Waals surface area contributed by atoms with Gasteiger partial charge in [-0.1, -0.05) is 0 Å². The molecule has 2 rings (SSSR count). The van der Waals surface area contributed by atoms with Crippen LogP contribution in [0.15, 0.2) is 6.33 Å². The summed E-state index contributed by atoms with van der Waals surface area (Å²) < 4.78 is 7.59. The van der Waals surface area contributed by atoms with Gasteiger partial charge in [0.2, 0.25) is 0 Å². The fourth-order valence-corrected chi connectivity index (χ4v) is 2.43. The predicted octanol–water partition coefficient (Wildman–Crippen LogP) is 0.803. The summed E-state index contributed by atoms with van der Waals surface area (Å²) in [6.07, 6.45) is 5.95. The van der Waals surface area contributed by atoms with Crippen molar-refractivity contribution in [3.8, 4) is 0 Å². The van der Waals surface area contributed by atoms with Crippen molar-refractivity contribution >= 4 is 0 Å². The van der Waals surface area contributed by atoms with Crippen molar-refractivity contribution in [2.24, 2.45) is 5.84 Å². The Bertz CT molecular complexity index is 359. The van der Waals surface area contributed by atoms with Crippen molar-refractivity contribution in [1.29, 1.82) is 0 Å². The maximum atomic E-state index is 5.64. The molecule has 2 heterocycles. The van der Waals surface area contributed by atoms with Crippen molar-refractivity contribution in [2.45, 2.75) is 57.7 Å². The molecule has 18 heavy (non-hydrogen) atoms. The lowest BCUT2D eigenvalue weighted by Gasteiger charge is -2.20. The van der Waals surface area contributed by atoms with Gasteiger partial charge in [-0.25, -0.2) is 9.67 Å². The molecule has 1 aliphatic heterocycles. The maximum absolute atomic E-state index is 5.64. The predicted molar refractivity (Wildman–Crippen MR) is 68.8 cm³/mol. The molecule has 1 aromatic rings. The third-order valence-corrected chi connectivity index (χ3v) is 3.37. The van der Waals surface area contributed by atoms with Gasteiger partial charge in [-0.15, -0.1) is 0 Å². The summed E-state index contributed by atoms with van der Waals surface area (Å²) in [7, 11) is 0. The van der Waals surface area contributed by atoms with Crippen molar-refractivity contribution in [2.75, 3.05) is 6.61 Å². The third-order valence-electron chi connectivity index (χ3n) is 3.37. The second-order valence-corrected chi connectivity index (χ2v) is 5.15. The fraction of sp³-hybridized carbons (Fsp3) is 0.833. The number of nitrogens with two attached hydrogens (primary N) is 1. The van der Waals surface area contributed by atoms with E-state index in [0.29, 0.717) is 12.1 Å². The molecule has 0 bridgehead atoms. The minimum absolute atomic E-state index is 0.190. The van der Waals surface area contributed by atoms with Crippen molar-refractivity contribution < 1.29 is 4.74 Å². The third kappa shape index (κ3) is 3.28. The van der Waals surface area contributed by atoms with Gasteiger partial charge in [-0.3, -0.25) is 11.3 Å². The molecule has 3 N–H and O–H groups in total. The highest BCUT2D eigenvalue weighted by atomic mass is 16.5. The van der Waals surface area contributed by atoms with E-state index in [1.807, 2.05) is 4.68 Å². The van der Waals surface area contributed by atoms with E-state index >= 15 is 0 Å². The van der Waals surface area contributed by atoms with Gasteiger partial charge in [0.25, 0.3) is 0 Å². The Morgan fingerprint density at radius 3 is 3.06 bits per heavy atom. The normalized spacial score (nSPS) is 21.7. The second-order valence-electron chi connectivity index (χ2n) is 5.15. The Hall–Kier alpha value is -0.980. The van der Waals surface area contributed by atoms with Crippen LogP contribution < -0.4 is 11.3 Å². The van der Waals surface area contributed by atoms with E-state index in [0.717, 1.165) is 38.1 Å². The molecular weight excluding hydrogens is 230 g/mol. The number of nitrogens with zero attached hydrogens (tertiary/aromatic N) is 3. The molecule has 2 atom stereocenters. The van der Waals surface area contributed by atoms with E-state index in [-0.39, 0.29) is 6.04 Å². The first kappa shape index (κ1) is 13.5. The molecular formula is C12H23N5O. The van der Waals surface area contributed by atoms with Crippen LogP contribution in [0.5, 0.6) is 0 Å². The summed E-state index contributed by atoms with van der Waals surface area (Å²) in [4.78, 5) is 4.32. The Kier molecular flexibility index (Phi) is 4.68. The van der Waals surface area contributed by atoms with Crippen LogP contribution in [0.4, 0.5) is 0 Å². The van der Waals surface area contributed by atoms with Crippen LogP contribution in [0.25, 0.3) is 0 Å². The highest BCUT2D eigenvalue weighted by Crippen LogP contribution is 2.18. The standard InChI is InChI=1S/C12H23N5O/c1-9(2)17-12(14-8-15-17)7-10(16-13)6-11-4-3-5-18-11/h8-11,16H,3-7,13H2,1-2H3. The molecule has 102 valence electrons. The van der Waals surface area contributed by atoms with E-state index in [1.54, 1.807) is 6.33 Å². The summed E-state index contributed by atoms with van der Waals surface area (Å²) in [5, 5.41) is 4.24. The number of rotatable bonds is 6. The van der Waals surface area contributed by atoms with E-state index < -0.39 is 0 Å². The first-order chi connectivity index (χ1) is 8.70. The zero-order chi connectivity index (χ0) is 13.0. The van der Waals surface area contributed by atoms with Gasteiger partial charge < -0.3 is 4.74 Å². The van der Waals surface area contributed by atoms with Crippen LogP contribution in [0.1, 0.15) is 45.0 Å². The van der Waals surface area contributed by atoms with E-state index in [9.17, 15) is 0 Å². The Morgan fingerprint density at radius 1 is 1.61 bits per heavy atom. The van der Waals surface area contributed by atoms with Gasteiger partial charge >= 0.3 is 0 Å². The topological polar surface area (TPSA) is 78.0 Å². The molecule has 1 fully saturated rings. The van der Waals surface area contributed by atoms with E-state index in [1.165, 1.54) is 0 Å². The monoisotopic (exact) mass is 253 g/mol. The molecule has 0 saturated carbocycles. The quantitative estimate of drug-likeness (QED) is 0.579. The SMILES string of the molecule is CC(C)n1ncnc1CC(CC1CCCO1)NN. The molecule has 6 nitrogen and oxygen atoms in total. The van der Waals surface area contributed by atoms with Gasteiger partial charge in [-0.2, -0.15) is 5.10 Å². The van der Waals surface area contributed by atoms with Gasteiger partial charge in [-0.05, 0) is 33.1 Å². The largest absolute Gasteiger partial charge is 0.378 e. The number of hydrogen-bond acceptors (Lipinski definition) is 5. The highest BCUT2D eigenvalue weighted by Gasteiger charge is 2.22. The molecule has 0 aliphatic carbocycles. The van der Waals surface area contributed by atoms with Gasteiger partial charge in [0.15, 0.2) is 0 Å². The van der Waals surface area contributed by atoms with Crippen LogP contribution in [0.2, 0.25) is 0 Å². The van der Waals surface area contributed by atoms with Crippen molar-refractivity contribution in [3.05, 3.63) is 12.2 Å². The molecule has 6 heteroatoms. The van der Waals surface area contributed by atoms with Gasteiger partial charge in [0.05, 0.1) is 6.10 Å². The van der Waals surface area contributed by atoms with Gasteiger partial charge in [0, 0.05) is 25.1 Å². The molecule has 1 aliphatic rings. The zero-order valence-corrected chi connectivity index (χ0v) is 11.2. The van der Waals surface area contributed by atoms with E-state index in [4.69, 9.17) is 10.6 Å². The van der Waals surface area contributed by atoms with Crippen LogP contribution in [0, 0.1) is 0 Å². The number of hydrazine groups is 1. The molecule has 1 saturated heterocycles. The number of aromatic nitrogens is 3. The van der Waals surface area contributed by atoms with Crippen molar-refractivity contribution in [1.82, 2.24) is 20.2 Å². The lowest BCUT2D eigenvalue weighted by molar-refractivity contribution is 0.0942. The Labute approximate surface area is 108 Å². The summed E-state index contributed by atoms with van der Waals surface area (Å²) in [5.74, 6) is 6.61. The number of nitrogens with one attached hydrogen (secondary N) is 1. The number of ether oxygens (including phenoxy) is 1. The molecule has 0 aromatic carbocycles. The highest BCUT2D eigenvalue weighted by molar-refractivity contribution is 4.92. The smallest absolute Gasteiger partial charge is 0.138 e. The number of hydrogen-bond donors (Lipinski definition) is 2. The summed E-state index contributed by atoms with van der Waals surface area (Å²) in [6.45, 7) is 5.08. The van der Waals surface area contributed by atoms with Crippen LogP contribution in [-0.4, -0.2) is 33.5 Å². The summed E-state index contributed by atoms with van der Waals surface area (Å²) in [5.41, 5.74) is 2.87. The first-order valence-corrected chi connectivity index (χ1v) is 6.66. The summed E-state index contributed by atoms with van der Waals surface area (Å²) >= 11 is 0. The lowest BCUT2D eigenvalue weighted by atomic mass is 10.0. The Balaban J connectivity index is 1.94. The minimum atomic E-state index is 0.190. The lowest BCUT2D eigenvalue weighted by Crippen LogP contribution is -2.40. The van der Waals surface area contributed by atoms with Crippen LogP contribution in [-0.2, 0) is 11.2 Å². The van der Waals surface area contributed by atoms with Crippen molar-refractivity contribution in [3.63, 3.8) is 0 Å². The minimum Gasteiger partial charge on any atom is -0.378 e. The average Bonchev–Trinajstić information content (AvgIpc) is 2.98. The summed E-state index contributed by atoms with van der Waals surface area (Å²) in [6, 6.07) is 0.512. The fourth-order valence-electron chi connectivity index (χ4n) is 2.43. The van der Waals surface area contributed by atoms with E-state index in [2.05, 4.69) is 29.4 Å². The molecule has 1 aromatic heterocycles. The first-order valence-electron chi connectivity index (χ1n) is 6.66. The molecule has 0 spiro atoms. The zero-order valence-electron chi connectivity index (χ0n) is 11.2. The molecule has 0 radical (unpaired) electrons. The molecule has 2 unspecified atom stereocenters. The van der Waals surface area contributed by atoms with Crippen LogP contribution in [0.3, 0.4) is 0 Å². The van der Waals surface area contributed by atoms with Gasteiger partial charge in [0.1, 0.15) is 12.2 Å². The second kappa shape index (κ2) is 6.26. The Morgan fingerprint density at radius 2 is 2.44 bits per heavy atom.